The molecule has 3 aromatic rings. The Kier molecular flexibility index (Phi) is 12.9. The first-order valence-corrected chi connectivity index (χ1v) is 18.9. The molecule has 5 atom stereocenters. The molecule has 0 amide bonds. The Labute approximate surface area is 307 Å². The Hall–Kier alpha value is -4.12. The number of aliphatic carboxylic acids is 2. The Bertz CT molecular complexity index is 1600. The highest BCUT2D eigenvalue weighted by molar-refractivity contribution is 5.84. The molecule has 10 heteroatoms. The number of likely N-dealkylation sites (tertiary alicyclic amines) is 1. The van der Waals surface area contributed by atoms with E-state index in [-0.39, 0.29) is 30.6 Å². The topological polar surface area (TPSA) is 142 Å². The van der Waals surface area contributed by atoms with Crippen LogP contribution < -0.4 is 5.32 Å². The number of benzene rings is 3. The number of nitro groups is 1. The molecule has 0 radical (unpaired) electrons. The Morgan fingerprint density at radius 2 is 1.40 bits per heavy atom. The van der Waals surface area contributed by atoms with Crippen molar-refractivity contribution in [2.45, 2.75) is 95.6 Å². The third kappa shape index (κ3) is 7.65. The van der Waals surface area contributed by atoms with Crippen molar-refractivity contribution in [3.8, 4) is 0 Å². The minimum atomic E-state index is -1.61. The molecule has 5 rings (SSSR count). The van der Waals surface area contributed by atoms with E-state index in [4.69, 9.17) is 4.74 Å². The molecule has 5 unspecified atom stereocenters. The van der Waals surface area contributed by atoms with E-state index in [0.29, 0.717) is 25.1 Å². The van der Waals surface area contributed by atoms with Crippen molar-refractivity contribution in [1.82, 2.24) is 10.2 Å². The highest BCUT2D eigenvalue weighted by atomic mass is 16.6. The smallest absolute Gasteiger partial charge is 0.311 e. The largest absolute Gasteiger partial charge is 0.481 e. The number of non-ortho nitro benzene ring substituents is 1. The lowest BCUT2D eigenvalue weighted by Crippen LogP contribution is -2.69. The van der Waals surface area contributed by atoms with E-state index in [0.717, 1.165) is 45.2 Å². The molecular formula is C42H55N3O7. The van der Waals surface area contributed by atoms with Gasteiger partial charge in [0.1, 0.15) is 0 Å². The van der Waals surface area contributed by atoms with Crippen LogP contribution in [0, 0.1) is 20.9 Å². The van der Waals surface area contributed by atoms with Gasteiger partial charge in [0.15, 0.2) is 0 Å². The normalized spacial score (nSPS) is 26.1. The van der Waals surface area contributed by atoms with Crippen molar-refractivity contribution in [3.63, 3.8) is 0 Å². The fourth-order valence-electron chi connectivity index (χ4n) is 9.40. The van der Waals surface area contributed by atoms with Crippen LogP contribution >= 0.6 is 0 Å². The number of unbranched alkanes of at least 4 members (excludes halogenated alkanes) is 3. The molecule has 0 aliphatic carbocycles. The zero-order chi connectivity index (χ0) is 37.4. The van der Waals surface area contributed by atoms with E-state index in [1.807, 2.05) is 0 Å². The number of nitrogens with one attached hydrogen (secondary N) is 1. The zero-order valence-corrected chi connectivity index (χ0v) is 30.8. The molecule has 52 heavy (non-hydrogen) atoms. The molecule has 2 heterocycles. The average Bonchev–Trinajstić information content (AvgIpc) is 3.15. The van der Waals surface area contributed by atoms with Gasteiger partial charge in [-0.2, -0.15) is 0 Å². The van der Waals surface area contributed by atoms with Gasteiger partial charge in [0, 0.05) is 48.7 Å². The van der Waals surface area contributed by atoms with Crippen molar-refractivity contribution >= 4 is 17.6 Å². The second kappa shape index (κ2) is 17.1. The molecule has 0 spiro atoms. The lowest BCUT2D eigenvalue weighted by Gasteiger charge is -2.57. The summed E-state index contributed by atoms with van der Waals surface area (Å²) in [6, 6.07) is 26.1. The molecule has 2 aliphatic heterocycles. The van der Waals surface area contributed by atoms with Crippen LogP contribution in [0.15, 0.2) is 84.9 Å². The molecule has 10 nitrogen and oxygen atoms in total. The van der Waals surface area contributed by atoms with Gasteiger partial charge in [-0.15, -0.1) is 0 Å². The molecule has 3 aromatic carbocycles. The molecule has 2 saturated heterocycles. The van der Waals surface area contributed by atoms with Gasteiger partial charge >= 0.3 is 11.9 Å². The summed E-state index contributed by atoms with van der Waals surface area (Å²) in [6.45, 7) is 8.65. The lowest BCUT2D eigenvalue weighted by atomic mass is 9.49. The van der Waals surface area contributed by atoms with E-state index < -0.39 is 45.7 Å². The summed E-state index contributed by atoms with van der Waals surface area (Å²) in [4.78, 5) is 41.0. The van der Waals surface area contributed by atoms with Crippen LogP contribution in [0.5, 0.6) is 0 Å². The third-order valence-electron chi connectivity index (χ3n) is 12.3. The second-order valence-corrected chi connectivity index (χ2v) is 14.9. The number of ether oxygens (including phenoxy) is 1. The van der Waals surface area contributed by atoms with Crippen molar-refractivity contribution in [1.29, 1.82) is 0 Å². The van der Waals surface area contributed by atoms with Gasteiger partial charge < -0.3 is 25.2 Å². The van der Waals surface area contributed by atoms with Crippen molar-refractivity contribution in [2.75, 3.05) is 32.8 Å². The Balaban J connectivity index is 1.35. The molecular weight excluding hydrogens is 658 g/mol. The van der Waals surface area contributed by atoms with Gasteiger partial charge in [0.05, 0.1) is 22.4 Å². The first-order chi connectivity index (χ1) is 25.0. The van der Waals surface area contributed by atoms with Gasteiger partial charge in [-0.1, -0.05) is 105 Å². The molecule has 0 bridgehead atoms. The summed E-state index contributed by atoms with van der Waals surface area (Å²) in [6.07, 6.45) is 5.53. The van der Waals surface area contributed by atoms with Crippen molar-refractivity contribution < 1.29 is 29.5 Å². The van der Waals surface area contributed by atoms with E-state index >= 15 is 0 Å². The van der Waals surface area contributed by atoms with E-state index in [1.54, 1.807) is 19.9 Å². The highest BCUT2D eigenvalue weighted by Crippen LogP contribution is 2.59. The summed E-state index contributed by atoms with van der Waals surface area (Å²) in [5, 5.41) is 37.5. The van der Waals surface area contributed by atoms with Crippen molar-refractivity contribution in [3.05, 3.63) is 112 Å². The number of piperidine rings is 2. The van der Waals surface area contributed by atoms with Crippen LogP contribution in [-0.4, -0.2) is 76.9 Å². The lowest BCUT2D eigenvalue weighted by molar-refractivity contribution is -0.385. The van der Waals surface area contributed by atoms with Crippen LogP contribution in [-0.2, 0) is 19.7 Å². The first-order valence-electron chi connectivity index (χ1n) is 18.9. The zero-order valence-electron chi connectivity index (χ0n) is 30.8. The number of nitro benzene ring substituents is 1. The number of carboxylic acids is 2. The standard InChI is InChI=1S/C42H55N3O7/c1-4-5-6-13-21-41(38(46)47)31(2)43-32(3)42(39(48)49,37(41)33-15-14-20-36(30-33)45(50)51)24-28-52-29-27-44-25-22-40(23-26-44,34-16-9-7-10-17-34)35-18-11-8-12-19-35/h7-12,14-20,30-32,37,43H,4-6,13,21-29H2,1-3H3,(H,46,47)(H,48,49). The minimum Gasteiger partial charge on any atom is -0.481 e. The number of nitrogens with zero attached hydrogens (tertiary/aromatic N) is 2. The number of hydrogen-bond donors (Lipinski definition) is 3. The van der Waals surface area contributed by atoms with Crippen LogP contribution in [0.2, 0.25) is 0 Å². The number of rotatable bonds is 17. The van der Waals surface area contributed by atoms with Gasteiger partial charge in [0.25, 0.3) is 5.69 Å². The molecule has 2 aliphatic rings. The summed E-state index contributed by atoms with van der Waals surface area (Å²) in [5.74, 6) is -3.27. The van der Waals surface area contributed by atoms with E-state index in [2.05, 4.69) is 77.8 Å². The van der Waals surface area contributed by atoms with Crippen LogP contribution in [0.3, 0.4) is 0 Å². The van der Waals surface area contributed by atoms with Gasteiger partial charge in [-0.25, -0.2) is 0 Å². The maximum absolute atomic E-state index is 13.7. The van der Waals surface area contributed by atoms with E-state index in [9.17, 15) is 29.9 Å². The monoisotopic (exact) mass is 713 g/mol. The maximum atomic E-state index is 13.7. The minimum absolute atomic E-state index is 0.0473. The van der Waals surface area contributed by atoms with Gasteiger partial charge in [-0.05, 0) is 69.3 Å². The van der Waals surface area contributed by atoms with Gasteiger partial charge in [-0.3, -0.25) is 19.7 Å². The first kappa shape index (κ1) is 39.1. The number of carbonyl (C=O) groups is 2. The van der Waals surface area contributed by atoms with E-state index in [1.165, 1.54) is 29.3 Å². The van der Waals surface area contributed by atoms with Gasteiger partial charge in [0.2, 0.25) is 0 Å². The quantitative estimate of drug-likeness (QED) is 0.0730. The summed E-state index contributed by atoms with van der Waals surface area (Å²) < 4.78 is 6.21. The fourth-order valence-corrected chi connectivity index (χ4v) is 9.40. The number of hydrogen-bond acceptors (Lipinski definition) is 7. The molecule has 0 aromatic heterocycles. The Morgan fingerprint density at radius 1 is 0.827 bits per heavy atom. The molecule has 3 N–H and O–H groups in total. The average molecular weight is 714 g/mol. The fraction of sp³-hybridized carbons (Fsp3) is 0.524. The van der Waals surface area contributed by atoms with Crippen LogP contribution in [0.4, 0.5) is 5.69 Å². The third-order valence-corrected chi connectivity index (χ3v) is 12.3. The summed E-state index contributed by atoms with van der Waals surface area (Å²) in [7, 11) is 0. The summed E-state index contributed by atoms with van der Waals surface area (Å²) in [5.41, 5.74) is -0.384. The second-order valence-electron chi connectivity index (χ2n) is 14.9. The molecule has 0 saturated carbocycles. The number of carboxylic acid groups (broad SMARTS) is 2. The Morgan fingerprint density at radius 3 is 1.94 bits per heavy atom. The predicted octanol–water partition coefficient (Wildman–Crippen LogP) is 7.66. The molecule has 2 fully saturated rings. The molecule has 280 valence electrons. The van der Waals surface area contributed by atoms with Crippen molar-refractivity contribution in [2.24, 2.45) is 10.8 Å². The van der Waals surface area contributed by atoms with Crippen LogP contribution in [0.1, 0.15) is 94.7 Å². The highest BCUT2D eigenvalue weighted by Gasteiger charge is 2.66. The maximum Gasteiger partial charge on any atom is 0.311 e. The van der Waals surface area contributed by atoms with Crippen LogP contribution in [0.25, 0.3) is 0 Å². The predicted molar refractivity (Wildman–Crippen MR) is 202 cm³/mol. The SMILES string of the molecule is CCCCCCC1(C(=O)O)C(C)NC(C)C(CCOCCN2CCC(c3ccccc3)(c3ccccc3)CC2)(C(=O)O)C1c1cccc([N+](=O)[O-])c1. The summed E-state index contributed by atoms with van der Waals surface area (Å²) >= 11 is 0.